The van der Waals surface area contributed by atoms with Crippen molar-refractivity contribution in [3.8, 4) is 0 Å². The van der Waals surface area contributed by atoms with Crippen LogP contribution in [-0.2, 0) is 28.6 Å². The molecule has 0 aliphatic heterocycles. The molecule has 0 rings (SSSR count). The zero-order valence-electron chi connectivity index (χ0n) is 38.8. The van der Waals surface area contributed by atoms with Gasteiger partial charge in [0.05, 0.1) is 0 Å². The minimum absolute atomic E-state index is 0.0634. The highest BCUT2D eigenvalue weighted by molar-refractivity contribution is 5.71. The van der Waals surface area contributed by atoms with Gasteiger partial charge in [-0.15, -0.1) is 0 Å². The van der Waals surface area contributed by atoms with Crippen molar-refractivity contribution in [2.75, 3.05) is 13.2 Å². The Morgan fingerprint density at radius 3 is 0.860 bits per heavy atom. The summed E-state index contributed by atoms with van der Waals surface area (Å²) in [5, 5.41) is 0. The van der Waals surface area contributed by atoms with Gasteiger partial charge in [-0.25, -0.2) is 0 Å². The number of unbranched alkanes of at least 4 members (excludes halogenated alkanes) is 33. The molecule has 57 heavy (non-hydrogen) atoms. The monoisotopic (exact) mass is 807 g/mol. The standard InChI is InChI=1S/C51H98O6/c1-5-7-9-11-13-15-17-18-19-20-21-22-23-24-26-30-34-38-42-49(52)55-45-48(57-51(54)44-40-36-32-25-16-14-12-10-8-6-2)46-56-50(53)43-39-35-31-28-27-29-33-37-41-47(3)4/h47-48H,5-46H2,1-4H3/t48-/m0/s1. The second-order valence-electron chi connectivity index (χ2n) is 17.9. The van der Waals surface area contributed by atoms with Crippen LogP contribution in [0.5, 0.6) is 0 Å². The van der Waals surface area contributed by atoms with E-state index in [0.717, 1.165) is 63.7 Å². The van der Waals surface area contributed by atoms with E-state index in [0.29, 0.717) is 19.3 Å². The molecule has 0 aliphatic rings. The molecule has 6 nitrogen and oxygen atoms in total. The number of esters is 3. The fourth-order valence-electron chi connectivity index (χ4n) is 7.69. The molecule has 0 unspecified atom stereocenters. The molecule has 0 bridgehead atoms. The molecule has 338 valence electrons. The Balaban J connectivity index is 4.23. The lowest BCUT2D eigenvalue weighted by atomic mass is 10.0. The van der Waals surface area contributed by atoms with E-state index < -0.39 is 6.10 Å². The summed E-state index contributed by atoms with van der Waals surface area (Å²) in [6.07, 6.45) is 46.7. The van der Waals surface area contributed by atoms with Crippen molar-refractivity contribution >= 4 is 17.9 Å². The number of carbonyl (C=O) groups is 3. The fraction of sp³-hybridized carbons (Fsp3) is 0.941. The van der Waals surface area contributed by atoms with Gasteiger partial charge in [0.15, 0.2) is 6.10 Å². The SMILES string of the molecule is CCCCCCCCCCCCCCCCCCCCC(=O)OC[C@@H](COC(=O)CCCCCCCCCCC(C)C)OC(=O)CCCCCCCCCCCC. The molecular weight excluding hydrogens is 709 g/mol. The van der Waals surface area contributed by atoms with Gasteiger partial charge in [-0.3, -0.25) is 14.4 Å². The van der Waals surface area contributed by atoms with Crippen LogP contribution >= 0.6 is 0 Å². The van der Waals surface area contributed by atoms with Gasteiger partial charge in [0, 0.05) is 19.3 Å². The lowest BCUT2D eigenvalue weighted by molar-refractivity contribution is -0.167. The predicted octanol–water partition coefficient (Wildman–Crippen LogP) is 16.3. The third-order valence-corrected chi connectivity index (χ3v) is 11.5. The topological polar surface area (TPSA) is 78.9 Å². The maximum absolute atomic E-state index is 12.7. The molecule has 0 aliphatic carbocycles. The molecule has 0 heterocycles. The Labute approximate surface area is 355 Å². The van der Waals surface area contributed by atoms with Gasteiger partial charge < -0.3 is 14.2 Å². The molecule has 6 heteroatoms. The zero-order valence-corrected chi connectivity index (χ0v) is 38.8. The normalized spacial score (nSPS) is 11.9. The smallest absolute Gasteiger partial charge is 0.306 e. The third-order valence-electron chi connectivity index (χ3n) is 11.5. The quantitative estimate of drug-likeness (QED) is 0.0346. The number of hydrogen-bond acceptors (Lipinski definition) is 6. The first-order valence-corrected chi connectivity index (χ1v) is 25.4. The molecule has 0 aromatic carbocycles. The Morgan fingerprint density at radius 2 is 0.579 bits per heavy atom. The van der Waals surface area contributed by atoms with Gasteiger partial charge in [-0.05, 0) is 25.2 Å². The Hall–Kier alpha value is -1.59. The van der Waals surface area contributed by atoms with Gasteiger partial charge in [-0.1, -0.05) is 246 Å². The number of carbonyl (C=O) groups excluding carboxylic acids is 3. The van der Waals surface area contributed by atoms with E-state index in [1.807, 2.05) is 0 Å². The van der Waals surface area contributed by atoms with E-state index >= 15 is 0 Å². The minimum atomic E-state index is -0.760. The Morgan fingerprint density at radius 1 is 0.333 bits per heavy atom. The van der Waals surface area contributed by atoms with E-state index in [2.05, 4.69) is 27.7 Å². The Bertz CT molecular complexity index is 857. The first-order valence-electron chi connectivity index (χ1n) is 25.4. The molecule has 1 atom stereocenters. The fourth-order valence-corrected chi connectivity index (χ4v) is 7.69. The van der Waals surface area contributed by atoms with Crippen molar-refractivity contribution in [3.63, 3.8) is 0 Å². The summed E-state index contributed by atoms with van der Waals surface area (Å²) >= 11 is 0. The molecule has 0 radical (unpaired) electrons. The Kier molecular flexibility index (Phi) is 44.2. The third kappa shape index (κ3) is 45.3. The molecule has 0 saturated carbocycles. The first kappa shape index (κ1) is 55.4. The maximum Gasteiger partial charge on any atom is 0.306 e. The largest absolute Gasteiger partial charge is 0.462 e. The molecule has 0 amide bonds. The van der Waals surface area contributed by atoms with Crippen LogP contribution in [0.2, 0.25) is 0 Å². The van der Waals surface area contributed by atoms with Crippen LogP contribution in [-0.4, -0.2) is 37.2 Å². The number of ether oxygens (including phenoxy) is 3. The molecule has 0 fully saturated rings. The van der Waals surface area contributed by atoms with Crippen LogP contribution in [0.15, 0.2) is 0 Å². The number of rotatable bonds is 46. The van der Waals surface area contributed by atoms with Crippen molar-refractivity contribution in [2.45, 2.75) is 291 Å². The first-order chi connectivity index (χ1) is 27.9. The van der Waals surface area contributed by atoms with E-state index in [9.17, 15) is 14.4 Å². The second-order valence-corrected chi connectivity index (χ2v) is 17.9. The van der Waals surface area contributed by atoms with Crippen molar-refractivity contribution in [2.24, 2.45) is 5.92 Å². The van der Waals surface area contributed by atoms with E-state index in [1.165, 1.54) is 180 Å². The van der Waals surface area contributed by atoms with Gasteiger partial charge in [0.2, 0.25) is 0 Å². The van der Waals surface area contributed by atoms with Gasteiger partial charge in [0.1, 0.15) is 13.2 Å². The van der Waals surface area contributed by atoms with E-state index in [1.54, 1.807) is 0 Å². The van der Waals surface area contributed by atoms with Crippen molar-refractivity contribution in [3.05, 3.63) is 0 Å². The zero-order chi connectivity index (χ0) is 41.7. The van der Waals surface area contributed by atoms with Gasteiger partial charge in [-0.2, -0.15) is 0 Å². The minimum Gasteiger partial charge on any atom is -0.462 e. The molecule has 0 spiro atoms. The highest BCUT2D eigenvalue weighted by Crippen LogP contribution is 2.17. The predicted molar refractivity (Wildman–Crippen MR) is 243 cm³/mol. The van der Waals surface area contributed by atoms with Crippen LogP contribution in [0.25, 0.3) is 0 Å². The highest BCUT2D eigenvalue weighted by Gasteiger charge is 2.19. The van der Waals surface area contributed by atoms with Crippen molar-refractivity contribution in [1.82, 2.24) is 0 Å². The van der Waals surface area contributed by atoms with E-state index in [-0.39, 0.29) is 31.1 Å². The lowest BCUT2D eigenvalue weighted by Gasteiger charge is -2.18. The second kappa shape index (κ2) is 45.5. The van der Waals surface area contributed by atoms with E-state index in [4.69, 9.17) is 14.2 Å². The van der Waals surface area contributed by atoms with Crippen LogP contribution in [0.3, 0.4) is 0 Å². The summed E-state index contributed by atoms with van der Waals surface area (Å²) in [5.74, 6) is -0.0536. The summed E-state index contributed by atoms with van der Waals surface area (Å²) in [4.78, 5) is 37.8. The molecule has 0 N–H and O–H groups in total. The summed E-state index contributed by atoms with van der Waals surface area (Å²) in [6.45, 7) is 8.98. The summed E-state index contributed by atoms with van der Waals surface area (Å²) in [7, 11) is 0. The molecule has 0 aromatic rings. The molecular formula is C51H98O6. The maximum atomic E-state index is 12.7. The summed E-state index contributed by atoms with van der Waals surface area (Å²) in [6, 6.07) is 0. The van der Waals surface area contributed by atoms with Crippen molar-refractivity contribution < 1.29 is 28.6 Å². The van der Waals surface area contributed by atoms with Crippen LogP contribution in [0, 0.1) is 5.92 Å². The average Bonchev–Trinajstić information content (AvgIpc) is 3.19. The number of hydrogen-bond donors (Lipinski definition) is 0. The van der Waals surface area contributed by atoms with Crippen LogP contribution < -0.4 is 0 Å². The highest BCUT2D eigenvalue weighted by atomic mass is 16.6. The molecule has 0 saturated heterocycles. The van der Waals surface area contributed by atoms with Crippen LogP contribution in [0.4, 0.5) is 0 Å². The van der Waals surface area contributed by atoms with Gasteiger partial charge >= 0.3 is 17.9 Å². The average molecular weight is 807 g/mol. The molecule has 0 aromatic heterocycles. The lowest BCUT2D eigenvalue weighted by Crippen LogP contribution is -2.30. The summed E-state index contributed by atoms with van der Waals surface area (Å²) < 4.78 is 16.8. The summed E-state index contributed by atoms with van der Waals surface area (Å²) in [5.41, 5.74) is 0. The van der Waals surface area contributed by atoms with Crippen LogP contribution in [0.1, 0.15) is 285 Å². The van der Waals surface area contributed by atoms with Gasteiger partial charge in [0.25, 0.3) is 0 Å². The van der Waals surface area contributed by atoms with Crippen molar-refractivity contribution in [1.29, 1.82) is 0 Å².